The van der Waals surface area contributed by atoms with E-state index in [4.69, 9.17) is 8.85 Å². The molecule has 0 radical (unpaired) electrons. The minimum absolute atomic E-state index is 0.873. The van der Waals surface area contributed by atoms with Crippen LogP contribution in [0.1, 0.15) is 39.5 Å². The van der Waals surface area contributed by atoms with Crippen molar-refractivity contribution >= 4 is 25.2 Å². The van der Waals surface area contributed by atoms with Gasteiger partial charge in [-0.25, -0.2) is 0 Å². The van der Waals surface area contributed by atoms with E-state index in [0.717, 1.165) is 5.92 Å². The summed E-state index contributed by atoms with van der Waals surface area (Å²) in [5, 5.41) is 0. The Morgan fingerprint density at radius 1 is 0.867 bits per heavy atom. The van der Waals surface area contributed by atoms with Gasteiger partial charge in [0.2, 0.25) is 0 Å². The summed E-state index contributed by atoms with van der Waals surface area (Å²) in [5.74, 6) is 0.955. The molecule has 3 fully saturated rings. The van der Waals surface area contributed by atoms with Gasteiger partial charge in [0.25, 0.3) is 17.0 Å². The molecular weight excluding hydrogens is 423 g/mol. The predicted molar refractivity (Wildman–Crippen MR) is 139 cm³/mol. The van der Waals surface area contributed by atoms with E-state index >= 15 is 0 Å². The molecule has 3 aliphatic heterocycles. The van der Waals surface area contributed by atoms with E-state index in [1.165, 1.54) is 70.0 Å². The summed E-state index contributed by atoms with van der Waals surface area (Å²) in [6, 6.07) is 4.12. The molecule has 0 spiro atoms. The Morgan fingerprint density at radius 2 is 1.43 bits per heavy atom. The van der Waals surface area contributed by atoms with Gasteiger partial charge in [-0.1, -0.05) is 33.4 Å². The van der Waals surface area contributed by atoms with Gasteiger partial charge in [0, 0.05) is 14.2 Å². The molecule has 3 aliphatic rings. The van der Waals surface area contributed by atoms with Crippen molar-refractivity contribution in [3.05, 3.63) is 0 Å². The first-order valence-electron chi connectivity index (χ1n) is 12.2. The van der Waals surface area contributed by atoms with Gasteiger partial charge in [0.05, 0.1) is 0 Å². The molecule has 0 saturated carbocycles. The van der Waals surface area contributed by atoms with E-state index < -0.39 is 25.2 Å². The Kier molecular flexibility index (Phi) is 12.0. The first-order valence-corrected chi connectivity index (χ1v) is 20.5. The molecule has 3 heterocycles. The molecule has 0 N–H and O–H groups in total. The highest BCUT2D eigenvalue weighted by atomic mass is 28.4. The van der Waals surface area contributed by atoms with Crippen LogP contribution in [-0.2, 0) is 8.85 Å². The summed E-state index contributed by atoms with van der Waals surface area (Å²) in [6.45, 7) is 19.2. The normalized spacial score (nSPS) is 34.4. The van der Waals surface area contributed by atoms with E-state index in [1.54, 1.807) is 0 Å². The number of hydrogen-bond acceptors (Lipinski definition) is 5. The molecule has 3 rings (SSSR count). The van der Waals surface area contributed by atoms with Crippen LogP contribution in [0.4, 0.5) is 0 Å². The quantitative estimate of drug-likeness (QED) is 0.520. The third-order valence-corrected chi connectivity index (χ3v) is 19.7. The van der Waals surface area contributed by atoms with Crippen LogP contribution in [0, 0.1) is 5.92 Å². The smallest absolute Gasteiger partial charge is 0.267 e. The molecule has 5 nitrogen and oxygen atoms in total. The lowest BCUT2D eigenvalue weighted by atomic mass is 10.2. The first-order chi connectivity index (χ1) is 13.9. The second kappa shape index (κ2) is 12.6. The minimum Gasteiger partial charge on any atom is -0.406 e. The molecule has 30 heavy (non-hydrogen) atoms. The minimum atomic E-state index is -1.39. The summed E-state index contributed by atoms with van der Waals surface area (Å²) in [4.78, 5) is 0. The average molecular weight is 476 g/mol. The van der Waals surface area contributed by atoms with Gasteiger partial charge < -0.3 is 22.5 Å². The molecule has 3 atom stereocenters. The lowest BCUT2D eigenvalue weighted by Crippen LogP contribution is -2.48. The molecule has 3 saturated heterocycles. The maximum Gasteiger partial charge on any atom is 0.267 e. The van der Waals surface area contributed by atoms with Crippen molar-refractivity contribution in [2.24, 2.45) is 5.92 Å². The van der Waals surface area contributed by atoms with E-state index in [1.807, 2.05) is 14.2 Å². The van der Waals surface area contributed by atoms with Gasteiger partial charge >= 0.3 is 0 Å². The fourth-order valence-corrected chi connectivity index (χ4v) is 13.2. The van der Waals surface area contributed by atoms with Crippen LogP contribution >= 0.6 is 0 Å². The van der Waals surface area contributed by atoms with Crippen LogP contribution in [0.15, 0.2) is 0 Å². The Hall–Kier alpha value is 0.451. The van der Waals surface area contributed by atoms with E-state index in [0.29, 0.717) is 0 Å². The highest BCUT2D eigenvalue weighted by Gasteiger charge is 2.40. The van der Waals surface area contributed by atoms with Crippen LogP contribution < -0.4 is 0 Å². The second-order valence-electron chi connectivity index (χ2n) is 10.7. The molecule has 8 heteroatoms. The Labute approximate surface area is 192 Å². The van der Waals surface area contributed by atoms with E-state index in [9.17, 15) is 0 Å². The van der Waals surface area contributed by atoms with Crippen LogP contribution in [0.25, 0.3) is 0 Å². The van der Waals surface area contributed by atoms with Crippen molar-refractivity contribution in [1.82, 2.24) is 13.7 Å². The first kappa shape index (κ1) is 28.5. The number of nitrogens with zero attached hydrogens (tertiary/aromatic N) is 3. The third-order valence-electron chi connectivity index (χ3n) is 7.81. The topological polar surface area (TPSA) is 28.2 Å². The van der Waals surface area contributed by atoms with Crippen molar-refractivity contribution in [1.29, 1.82) is 0 Å². The zero-order valence-electron chi connectivity index (χ0n) is 22.0. The van der Waals surface area contributed by atoms with Crippen molar-refractivity contribution < 1.29 is 8.85 Å². The van der Waals surface area contributed by atoms with E-state index in [2.05, 4.69) is 67.8 Å². The van der Waals surface area contributed by atoms with Crippen molar-refractivity contribution in [3.8, 4) is 0 Å². The molecule has 0 aromatic rings. The molecule has 3 unspecified atom stereocenters. The van der Waals surface area contributed by atoms with Crippen LogP contribution in [0.3, 0.4) is 0 Å². The molecule has 0 bridgehead atoms. The van der Waals surface area contributed by atoms with Gasteiger partial charge in [-0.15, -0.1) is 0 Å². The lowest BCUT2D eigenvalue weighted by molar-refractivity contribution is 0.313. The second-order valence-corrected chi connectivity index (χ2v) is 23.4. The monoisotopic (exact) mass is 475 g/mol. The SMILES string of the molecule is CC1CN(C)[Si](C)(C)C1.CCCCN1CCC[Si]1(C)OC.CO[Si]1(C)CCCN1C. The van der Waals surface area contributed by atoms with Gasteiger partial charge in [-0.05, 0) is 96.7 Å². The van der Waals surface area contributed by atoms with Crippen molar-refractivity contribution in [2.45, 2.75) is 83.9 Å². The highest BCUT2D eigenvalue weighted by molar-refractivity contribution is 6.75. The number of unbranched alkanes of at least 4 members (excludes halogenated alkanes) is 1. The van der Waals surface area contributed by atoms with Gasteiger partial charge in [-0.3, -0.25) is 0 Å². The zero-order valence-corrected chi connectivity index (χ0v) is 25.0. The predicted octanol–water partition coefficient (Wildman–Crippen LogP) is 5.02. The van der Waals surface area contributed by atoms with Crippen LogP contribution in [0.2, 0.25) is 44.3 Å². The standard InChI is InChI=1S/C9H21NOSi.C7H17NSi.C6H15NOSi/c1-4-5-7-10-8-6-9-12(10,3)11-2;1-7-5-8(2)9(3,4)6-7;1-7-5-4-6-9(7,3)8-2/h4-9H2,1-3H3;7H,5-6H2,1-4H3;4-6H2,1-3H3. The summed E-state index contributed by atoms with van der Waals surface area (Å²) in [5.41, 5.74) is 0. The average Bonchev–Trinajstić information content (AvgIpc) is 3.30. The summed E-state index contributed by atoms with van der Waals surface area (Å²) in [6.07, 6.45) is 5.30. The van der Waals surface area contributed by atoms with Crippen LogP contribution in [-0.4, -0.2) is 93.4 Å². The molecule has 0 aromatic carbocycles. The fraction of sp³-hybridized carbons (Fsp3) is 1.00. The molecular formula is C22H53N3O2Si3. The maximum atomic E-state index is 5.67. The summed E-state index contributed by atoms with van der Waals surface area (Å²) >= 11 is 0. The molecule has 0 amide bonds. The Bertz CT molecular complexity index is 500. The van der Waals surface area contributed by atoms with Crippen molar-refractivity contribution in [3.63, 3.8) is 0 Å². The summed E-state index contributed by atoms with van der Waals surface area (Å²) < 4.78 is 18.7. The van der Waals surface area contributed by atoms with Crippen molar-refractivity contribution in [2.75, 3.05) is 54.5 Å². The molecule has 0 aliphatic carbocycles. The zero-order chi connectivity index (χ0) is 23.0. The van der Waals surface area contributed by atoms with Gasteiger partial charge in [-0.2, -0.15) is 0 Å². The largest absolute Gasteiger partial charge is 0.406 e. The van der Waals surface area contributed by atoms with Crippen LogP contribution in [0.5, 0.6) is 0 Å². The number of rotatable bonds is 5. The highest BCUT2D eigenvalue weighted by Crippen LogP contribution is 2.28. The lowest BCUT2D eigenvalue weighted by Gasteiger charge is -2.30. The van der Waals surface area contributed by atoms with Gasteiger partial charge in [0.15, 0.2) is 0 Å². The Balaban J connectivity index is 0.000000229. The van der Waals surface area contributed by atoms with E-state index in [-0.39, 0.29) is 0 Å². The Morgan fingerprint density at radius 3 is 1.77 bits per heavy atom. The summed E-state index contributed by atoms with van der Waals surface area (Å²) in [7, 11) is 4.57. The molecule has 180 valence electrons. The number of hydrogen-bond donors (Lipinski definition) is 0. The maximum absolute atomic E-state index is 5.67. The van der Waals surface area contributed by atoms with Gasteiger partial charge in [0.1, 0.15) is 8.24 Å². The molecule has 0 aromatic heterocycles. The fourth-order valence-electron chi connectivity index (χ4n) is 5.04. The third kappa shape index (κ3) is 8.10.